The number of hydrogen-bond donors (Lipinski definition) is 3. The van der Waals surface area contributed by atoms with Crippen LogP contribution in [0.3, 0.4) is 0 Å². The van der Waals surface area contributed by atoms with E-state index in [4.69, 9.17) is 5.73 Å². The summed E-state index contributed by atoms with van der Waals surface area (Å²) in [5.74, 6) is -0.215. The Morgan fingerprint density at radius 2 is 1.84 bits per heavy atom. The summed E-state index contributed by atoms with van der Waals surface area (Å²) in [6.45, 7) is 6.99. The molecule has 10 heteroatoms. The monoisotopic (exact) mass is 549 g/mol. The number of allylic oxidation sites excluding steroid dienone is 2. The summed E-state index contributed by atoms with van der Waals surface area (Å²) < 4.78 is 15.4. The topological polar surface area (TPSA) is 125 Å². The first-order valence-corrected chi connectivity index (χ1v) is 14.8. The largest absolute Gasteiger partial charge is 0.376 e. The molecule has 0 bridgehead atoms. The first kappa shape index (κ1) is 33.3. The lowest BCUT2D eigenvalue weighted by Crippen LogP contribution is -2.45. The zero-order valence-electron chi connectivity index (χ0n) is 23.7. The molecule has 0 radical (unpaired) electrons. The number of rotatable bonds is 12. The van der Waals surface area contributed by atoms with E-state index < -0.39 is 23.1 Å². The van der Waals surface area contributed by atoms with Crippen LogP contribution in [0.1, 0.15) is 65.7 Å². The van der Waals surface area contributed by atoms with Crippen molar-refractivity contribution in [3.8, 4) is 0 Å². The van der Waals surface area contributed by atoms with Crippen molar-refractivity contribution >= 4 is 34.6 Å². The lowest BCUT2D eigenvalue weighted by molar-refractivity contribution is -0.135. The van der Waals surface area contributed by atoms with Crippen LogP contribution in [0.25, 0.3) is 0 Å². The number of likely N-dealkylation sites (tertiary alicyclic amines) is 1. The molecule has 0 spiro atoms. The minimum absolute atomic E-state index is 0.0244. The van der Waals surface area contributed by atoms with E-state index >= 15 is 0 Å². The average Bonchev–Trinajstić information content (AvgIpc) is 3.52. The van der Waals surface area contributed by atoms with Crippen LogP contribution in [0.4, 0.5) is 5.69 Å². The van der Waals surface area contributed by atoms with Crippen molar-refractivity contribution in [2.45, 2.75) is 71.8 Å². The van der Waals surface area contributed by atoms with Gasteiger partial charge in [0, 0.05) is 32.2 Å². The second-order valence-corrected chi connectivity index (χ2v) is 10.8. The Labute approximate surface area is 231 Å². The fourth-order valence-electron chi connectivity index (χ4n) is 3.96. The van der Waals surface area contributed by atoms with Crippen LogP contribution < -0.4 is 15.8 Å². The summed E-state index contributed by atoms with van der Waals surface area (Å²) in [6.07, 6.45) is 11.5. The third-order valence-electron chi connectivity index (χ3n) is 6.17. The van der Waals surface area contributed by atoms with Crippen molar-refractivity contribution in [2.24, 2.45) is 17.6 Å². The molecule has 214 valence electrons. The second kappa shape index (κ2) is 18.5. The van der Waals surface area contributed by atoms with Gasteiger partial charge in [-0.25, -0.2) is 8.51 Å². The van der Waals surface area contributed by atoms with Crippen LogP contribution in [0, 0.1) is 11.8 Å². The van der Waals surface area contributed by atoms with Crippen LogP contribution in [-0.2, 0) is 25.6 Å². The quantitative estimate of drug-likeness (QED) is 0.271. The Kier molecular flexibility index (Phi) is 16.2. The number of benzene rings is 1. The summed E-state index contributed by atoms with van der Waals surface area (Å²) in [5, 5.41) is 3.04. The average molecular weight is 550 g/mol. The van der Waals surface area contributed by atoms with Gasteiger partial charge in [-0.05, 0) is 50.2 Å². The molecule has 2 aliphatic rings. The molecule has 4 N–H and O–H groups in total. The number of unbranched alkanes of at least 4 members (excludes halogenated alkanes) is 3. The SMILES string of the molecule is CC.CCCCC/C=C\C1CC1C(=O)NS(=O)N(C)C.NC(=O)C1CCCN1C(=O)CNc1ccccc1. The summed E-state index contributed by atoms with van der Waals surface area (Å²) in [5.41, 5.74) is 6.17. The number of hydrogen-bond acceptors (Lipinski definition) is 5. The van der Waals surface area contributed by atoms with E-state index in [1.165, 1.54) is 23.6 Å². The normalized spacial score (nSPS) is 20.6. The number of anilines is 1. The molecule has 1 saturated heterocycles. The Bertz CT molecular complexity index is 910. The van der Waals surface area contributed by atoms with E-state index in [0.29, 0.717) is 18.9 Å². The minimum atomic E-state index is -1.40. The first-order valence-electron chi connectivity index (χ1n) is 13.7. The zero-order valence-corrected chi connectivity index (χ0v) is 24.5. The fraction of sp³-hybridized carbons (Fsp3) is 0.607. The third kappa shape index (κ3) is 12.2. The van der Waals surface area contributed by atoms with Crippen molar-refractivity contribution in [3.63, 3.8) is 0 Å². The molecule has 4 atom stereocenters. The van der Waals surface area contributed by atoms with E-state index in [0.717, 1.165) is 24.9 Å². The Morgan fingerprint density at radius 3 is 2.45 bits per heavy atom. The predicted octanol–water partition coefficient (Wildman–Crippen LogP) is 3.62. The van der Waals surface area contributed by atoms with Gasteiger partial charge in [0.2, 0.25) is 17.7 Å². The van der Waals surface area contributed by atoms with Crippen LogP contribution in [0.5, 0.6) is 0 Å². The number of carbonyl (C=O) groups is 3. The van der Waals surface area contributed by atoms with Crippen LogP contribution in [0.2, 0.25) is 0 Å². The molecule has 0 aromatic heterocycles. The summed E-state index contributed by atoms with van der Waals surface area (Å²) in [4.78, 5) is 36.5. The van der Waals surface area contributed by atoms with E-state index in [-0.39, 0.29) is 24.3 Å². The van der Waals surface area contributed by atoms with E-state index in [9.17, 15) is 18.6 Å². The highest BCUT2D eigenvalue weighted by molar-refractivity contribution is 7.81. The number of primary amides is 1. The molecule has 3 rings (SSSR count). The van der Waals surface area contributed by atoms with Gasteiger partial charge in [-0.2, -0.15) is 0 Å². The Balaban J connectivity index is 0.000000357. The number of nitrogens with one attached hydrogen (secondary N) is 2. The van der Waals surface area contributed by atoms with Gasteiger partial charge in [-0.1, -0.05) is 64.0 Å². The number of nitrogens with two attached hydrogens (primary N) is 1. The lowest BCUT2D eigenvalue weighted by atomic mass is 10.2. The summed E-state index contributed by atoms with van der Waals surface area (Å²) in [7, 11) is 3.35. The van der Waals surface area contributed by atoms with Crippen molar-refractivity contribution in [3.05, 3.63) is 42.5 Å². The van der Waals surface area contributed by atoms with Crippen molar-refractivity contribution in [1.82, 2.24) is 13.9 Å². The molecule has 1 aliphatic heterocycles. The van der Waals surface area contributed by atoms with E-state index in [1.807, 2.05) is 44.2 Å². The highest BCUT2D eigenvalue weighted by Gasteiger charge is 2.41. The molecule has 4 unspecified atom stereocenters. The molecule has 1 heterocycles. The number of para-hydroxylation sites is 1. The van der Waals surface area contributed by atoms with Gasteiger partial charge in [-0.15, -0.1) is 0 Å². The zero-order chi connectivity index (χ0) is 28.5. The Hall–Kier alpha value is -2.72. The number of nitrogens with zero attached hydrogens (tertiary/aromatic N) is 2. The molecular formula is C28H47N5O4S. The third-order valence-corrected chi connectivity index (χ3v) is 7.21. The van der Waals surface area contributed by atoms with Gasteiger partial charge >= 0.3 is 0 Å². The standard InChI is InChI=1S/C13H17N3O2.C13H24N2O2S.C2H6/c14-13(18)11-7-4-8-16(11)12(17)9-15-10-5-2-1-3-6-10;1-4-5-6-7-8-9-11-10-12(11)13(16)14-18(17)15(2)3;1-2/h1-3,5-6,11,15H,4,7-9H2,(H2,14,18);8-9,11-12H,4-7,10H2,1-3H3,(H,14,16);1-2H3/b;9-8-;. The van der Waals surface area contributed by atoms with Gasteiger partial charge < -0.3 is 16.0 Å². The van der Waals surface area contributed by atoms with Crippen LogP contribution in [-0.4, -0.2) is 64.4 Å². The van der Waals surface area contributed by atoms with Gasteiger partial charge in [0.05, 0.1) is 6.54 Å². The predicted molar refractivity (Wildman–Crippen MR) is 155 cm³/mol. The van der Waals surface area contributed by atoms with Gasteiger partial charge in [0.1, 0.15) is 6.04 Å². The molecule has 2 fully saturated rings. The van der Waals surface area contributed by atoms with Gasteiger partial charge in [0.15, 0.2) is 11.2 Å². The highest BCUT2D eigenvalue weighted by Crippen LogP contribution is 2.40. The second-order valence-electron chi connectivity index (χ2n) is 9.32. The maximum atomic E-state index is 12.0. The molecular weight excluding hydrogens is 502 g/mol. The lowest BCUT2D eigenvalue weighted by Gasteiger charge is -2.22. The van der Waals surface area contributed by atoms with E-state index in [1.54, 1.807) is 19.0 Å². The highest BCUT2D eigenvalue weighted by atomic mass is 32.2. The fourth-order valence-corrected chi connectivity index (χ4v) is 4.47. The summed E-state index contributed by atoms with van der Waals surface area (Å²) >= 11 is -1.40. The number of carbonyl (C=O) groups excluding carboxylic acids is 3. The maximum absolute atomic E-state index is 12.0. The molecule has 1 saturated carbocycles. The first-order chi connectivity index (χ1) is 18.2. The summed E-state index contributed by atoms with van der Waals surface area (Å²) in [6, 6.07) is 9.06. The maximum Gasteiger partial charge on any atom is 0.242 e. The van der Waals surface area contributed by atoms with Gasteiger partial charge in [0.25, 0.3) is 0 Å². The molecule has 9 nitrogen and oxygen atoms in total. The molecule has 38 heavy (non-hydrogen) atoms. The minimum Gasteiger partial charge on any atom is -0.376 e. The molecule has 1 aliphatic carbocycles. The molecule has 1 aromatic carbocycles. The van der Waals surface area contributed by atoms with Crippen LogP contribution in [0.15, 0.2) is 42.5 Å². The van der Waals surface area contributed by atoms with Crippen molar-refractivity contribution in [1.29, 1.82) is 0 Å². The Morgan fingerprint density at radius 1 is 1.16 bits per heavy atom. The number of amides is 3. The van der Waals surface area contributed by atoms with Gasteiger partial charge in [-0.3, -0.25) is 19.1 Å². The smallest absolute Gasteiger partial charge is 0.242 e. The molecule has 3 amide bonds. The molecule has 1 aromatic rings. The van der Waals surface area contributed by atoms with Crippen LogP contribution >= 0.6 is 0 Å². The van der Waals surface area contributed by atoms with E-state index in [2.05, 4.69) is 29.1 Å². The van der Waals surface area contributed by atoms with Crippen molar-refractivity contribution in [2.75, 3.05) is 32.5 Å². The van der Waals surface area contributed by atoms with Crippen molar-refractivity contribution < 1.29 is 18.6 Å².